The van der Waals surface area contributed by atoms with Crippen LogP contribution in [-0.4, -0.2) is 56.5 Å². The standard InChI is InChI=1S/C22H23N3O5/c1-24(2)22(28)14-3-5-16(6-4-14)23-21(27)15-11-20(26)25(13-15)17-7-8-18-19(12-17)30-10-9-29-18/h3-8,12,15H,9-11,13H2,1-2H3,(H,23,27)/t15-/m0/s1. The highest BCUT2D eigenvalue weighted by Crippen LogP contribution is 2.36. The summed E-state index contributed by atoms with van der Waals surface area (Å²) in [7, 11) is 3.37. The van der Waals surface area contributed by atoms with Crippen LogP contribution in [-0.2, 0) is 9.59 Å². The predicted octanol–water partition coefficient (Wildman–Crippen LogP) is 2.15. The van der Waals surface area contributed by atoms with Crippen LogP contribution in [0.5, 0.6) is 11.5 Å². The average Bonchev–Trinajstić information content (AvgIpc) is 3.15. The van der Waals surface area contributed by atoms with Crippen molar-refractivity contribution in [3.8, 4) is 11.5 Å². The lowest BCUT2D eigenvalue weighted by Crippen LogP contribution is -2.28. The van der Waals surface area contributed by atoms with E-state index in [2.05, 4.69) is 5.32 Å². The first-order valence-electron chi connectivity index (χ1n) is 9.75. The van der Waals surface area contributed by atoms with Crippen LogP contribution in [0.3, 0.4) is 0 Å². The van der Waals surface area contributed by atoms with Crippen molar-refractivity contribution in [2.24, 2.45) is 5.92 Å². The number of carbonyl (C=O) groups is 3. The Balaban J connectivity index is 1.41. The second kappa shape index (κ2) is 8.06. The van der Waals surface area contributed by atoms with Crippen LogP contribution in [0.2, 0.25) is 0 Å². The fourth-order valence-corrected chi connectivity index (χ4v) is 3.53. The Morgan fingerprint density at radius 1 is 1.03 bits per heavy atom. The first kappa shape index (κ1) is 19.8. The van der Waals surface area contributed by atoms with E-state index in [1.165, 1.54) is 4.90 Å². The molecular weight excluding hydrogens is 386 g/mol. The third kappa shape index (κ3) is 3.94. The minimum atomic E-state index is -0.464. The summed E-state index contributed by atoms with van der Waals surface area (Å²) in [5.41, 5.74) is 1.81. The number of amides is 3. The molecule has 4 rings (SSSR count). The van der Waals surface area contributed by atoms with Gasteiger partial charge in [0, 0.05) is 50.1 Å². The normalized spacial score (nSPS) is 17.6. The Morgan fingerprint density at radius 2 is 1.73 bits per heavy atom. The molecule has 156 valence electrons. The Kier molecular flexibility index (Phi) is 5.31. The molecule has 0 unspecified atom stereocenters. The van der Waals surface area contributed by atoms with E-state index < -0.39 is 5.92 Å². The molecule has 0 bridgehead atoms. The molecule has 3 amide bonds. The summed E-state index contributed by atoms with van der Waals surface area (Å²) in [6.45, 7) is 1.26. The molecule has 1 saturated heterocycles. The Labute approximate surface area is 174 Å². The number of anilines is 2. The number of nitrogens with one attached hydrogen (secondary N) is 1. The third-order valence-electron chi connectivity index (χ3n) is 5.14. The van der Waals surface area contributed by atoms with Gasteiger partial charge >= 0.3 is 0 Å². The van der Waals surface area contributed by atoms with Crippen molar-refractivity contribution in [3.63, 3.8) is 0 Å². The van der Waals surface area contributed by atoms with E-state index >= 15 is 0 Å². The number of benzene rings is 2. The molecule has 2 aromatic carbocycles. The van der Waals surface area contributed by atoms with Crippen molar-refractivity contribution in [2.75, 3.05) is 44.1 Å². The lowest BCUT2D eigenvalue weighted by Gasteiger charge is -2.22. The quantitative estimate of drug-likeness (QED) is 0.836. The summed E-state index contributed by atoms with van der Waals surface area (Å²) in [6, 6.07) is 12.0. The highest BCUT2D eigenvalue weighted by molar-refractivity contribution is 6.04. The van der Waals surface area contributed by atoms with Crippen molar-refractivity contribution in [2.45, 2.75) is 6.42 Å². The molecule has 0 saturated carbocycles. The van der Waals surface area contributed by atoms with E-state index in [0.717, 1.165) is 0 Å². The minimum Gasteiger partial charge on any atom is -0.486 e. The van der Waals surface area contributed by atoms with Crippen molar-refractivity contribution in [1.29, 1.82) is 0 Å². The number of rotatable bonds is 4. The van der Waals surface area contributed by atoms with Gasteiger partial charge in [0.05, 0.1) is 5.92 Å². The van der Waals surface area contributed by atoms with Gasteiger partial charge in [-0.1, -0.05) is 0 Å². The van der Waals surface area contributed by atoms with E-state index in [1.807, 2.05) is 0 Å². The summed E-state index contributed by atoms with van der Waals surface area (Å²) in [6.07, 6.45) is 0.136. The Morgan fingerprint density at radius 3 is 2.43 bits per heavy atom. The number of hydrogen-bond acceptors (Lipinski definition) is 5. The number of carbonyl (C=O) groups excluding carboxylic acids is 3. The Bertz CT molecular complexity index is 987. The average molecular weight is 409 g/mol. The number of nitrogens with zero attached hydrogens (tertiary/aromatic N) is 2. The summed E-state index contributed by atoms with van der Waals surface area (Å²) in [5.74, 6) is 0.348. The van der Waals surface area contributed by atoms with Crippen LogP contribution in [0.1, 0.15) is 16.8 Å². The Hall–Kier alpha value is -3.55. The van der Waals surface area contributed by atoms with Gasteiger partial charge in [-0.2, -0.15) is 0 Å². The first-order valence-corrected chi connectivity index (χ1v) is 9.75. The molecular formula is C22H23N3O5. The third-order valence-corrected chi connectivity index (χ3v) is 5.14. The summed E-state index contributed by atoms with van der Waals surface area (Å²) in [5, 5.41) is 2.83. The molecule has 30 heavy (non-hydrogen) atoms. The molecule has 0 radical (unpaired) electrons. The SMILES string of the molecule is CN(C)C(=O)c1ccc(NC(=O)[C@H]2CC(=O)N(c3ccc4c(c3)OCCO4)C2)cc1. The molecule has 2 heterocycles. The molecule has 8 heteroatoms. The number of hydrogen-bond donors (Lipinski definition) is 1. The van der Waals surface area contributed by atoms with Gasteiger partial charge in [0.25, 0.3) is 5.91 Å². The van der Waals surface area contributed by atoms with E-state index in [0.29, 0.717) is 48.2 Å². The second-order valence-electron chi connectivity index (χ2n) is 7.50. The molecule has 1 atom stereocenters. The van der Waals surface area contributed by atoms with Gasteiger partial charge in [-0.3, -0.25) is 14.4 Å². The van der Waals surface area contributed by atoms with E-state index in [4.69, 9.17) is 9.47 Å². The lowest BCUT2D eigenvalue weighted by molar-refractivity contribution is -0.122. The van der Waals surface area contributed by atoms with Gasteiger partial charge in [-0.25, -0.2) is 0 Å². The van der Waals surface area contributed by atoms with Gasteiger partial charge in [-0.15, -0.1) is 0 Å². The zero-order chi connectivity index (χ0) is 21.3. The van der Waals surface area contributed by atoms with Crippen LogP contribution in [0.4, 0.5) is 11.4 Å². The van der Waals surface area contributed by atoms with E-state index in [-0.39, 0.29) is 24.1 Å². The molecule has 1 fully saturated rings. The molecule has 2 aliphatic rings. The first-order chi connectivity index (χ1) is 14.4. The molecule has 8 nitrogen and oxygen atoms in total. The monoisotopic (exact) mass is 409 g/mol. The molecule has 2 aromatic rings. The van der Waals surface area contributed by atoms with Crippen LogP contribution in [0, 0.1) is 5.92 Å². The highest BCUT2D eigenvalue weighted by atomic mass is 16.6. The largest absolute Gasteiger partial charge is 0.486 e. The summed E-state index contributed by atoms with van der Waals surface area (Å²) in [4.78, 5) is 40.3. The van der Waals surface area contributed by atoms with Gasteiger partial charge in [0.15, 0.2) is 11.5 Å². The van der Waals surface area contributed by atoms with Gasteiger partial charge < -0.3 is 24.6 Å². The number of ether oxygens (including phenoxy) is 2. The topological polar surface area (TPSA) is 88.2 Å². The molecule has 0 aliphatic carbocycles. The van der Waals surface area contributed by atoms with Gasteiger partial charge in [-0.05, 0) is 36.4 Å². The molecule has 2 aliphatic heterocycles. The van der Waals surface area contributed by atoms with Crippen molar-refractivity contribution in [1.82, 2.24) is 4.90 Å². The minimum absolute atomic E-state index is 0.107. The van der Waals surface area contributed by atoms with Crippen LogP contribution >= 0.6 is 0 Å². The summed E-state index contributed by atoms with van der Waals surface area (Å²) >= 11 is 0. The zero-order valence-corrected chi connectivity index (χ0v) is 16.9. The van der Waals surface area contributed by atoms with Crippen molar-refractivity contribution in [3.05, 3.63) is 48.0 Å². The van der Waals surface area contributed by atoms with E-state index in [1.54, 1.807) is 61.5 Å². The van der Waals surface area contributed by atoms with Crippen LogP contribution in [0.15, 0.2) is 42.5 Å². The highest BCUT2D eigenvalue weighted by Gasteiger charge is 2.35. The molecule has 0 aromatic heterocycles. The van der Waals surface area contributed by atoms with E-state index in [9.17, 15) is 14.4 Å². The van der Waals surface area contributed by atoms with Crippen molar-refractivity contribution < 1.29 is 23.9 Å². The second-order valence-corrected chi connectivity index (χ2v) is 7.50. The van der Waals surface area contributed by atoms with Crippen LogP contribution in [0.25, 0.3) is 0 Å². The fourth-order valence-electron chi connectivity index (χ4n) is 3.53. The lowest BCUT2D eigenvalue weighted by atomic mass is 10.1. The van der Waals surface area contributed by atoms with Crippen molar-refractivity contribution >= 4 is 29.1 Å². The zero-order valence-electron chi connectivity index (χ0n) is 16.9. The molecule has 1 N–H and O–H groups in total. The smallest absolute Gasteiger partial charge is 0.253 e. The number of fused-ring (bicyclic) bond motifs is 1. The van der Waals surface area contributed by atoms with Gasteiger partial charge in [0.2, 0.25) is 11.8 Å². The predicted molar refractivity (Wildman–Crippen MR) is 111 cm³/mol. The van der Waals surface area contributed by atoms with Crippen LogP contribution < -0.4 is 19.7 Å². The summed E-state index contributed by atoms with van der Waals surface area (Å²) < 4.78 is 11.1. The molecule has 0 spiro atoms. The maximum absolute atomic E-state index is 12.7. The fraction of sp³-hybridized carbons (Fsp3) is 0.318. The maximum Gasteiger partial charge on any atom is 0.253 e. The maximum atomic E-state index is 12.7. The van der Waals surface area contributed by atoms with Gasteiger partial charge in [0.1, 0.15) is 13.2 Å².